The van der Waals surface area contributed by atoms with Crippen LogP contribution in [0.3, 0.4) is 0 Å². The number of allylic oxidation sites excluding steroid dienone is 2. The molecule has 0 aromatic rings. The van der Waals surface area contributed by atoms with Gasteiger partial charge in [0.05, 0.1) is 6.47 Å². The van der Waals surface area contributed by atoms with Crippen molar-refractivity contribution in [1.82, 2.24) is 0 Å². The zero-order valence-corrected chi connectivity index (χ0v) is 14.6. The number of rotatable bonds is 0. The van der Waals surface area contributed by atoms with Crippen molar-refractivity contribution in [2.45, 2.75) is 6.47 Å². The standard InChI is InChI=1S/C12H10Br4/c13-11(14)7-3-1-2-4-5(3)6(9(7)11)10-8(4)12(10,15)16/h1-10H/t3-,4-,5?,6?,7-,8+,9+,10-/m1/s1. The van der Waals surface area contributed by atoms with Crippen LogP contribution in [0.25, 0.3) is 0 Å². The second-order valence-electron chi connectivity index (χ2n) is 6.15. The normalized spacial score (nSPS) is 68.8. The highest BCUT2D eigenvalue weighted by molar-refractivity contribution is 9.26. The van der Waals surface area contributed by atoms with Gasteiger partial charge in [-0.25, -0.2) is 0 Å². The fourth-order valence-corrected chi connectivity index (χ4v) is 9.63. The van der Waals surface area contributed by atoms with Crippen LogP contribution in [-0.2, 0) is 0 Å². The molecule has 5 aliphatic carbocycles. The smallest absolute Gasteiger partial charge is 0.0844 e. The van der Waals surface area contributed by atoms with Crippen LogP contribution >= 0.6 is 63.7 Å². The maximum absolute atomic E-state index is 3.90. The van der Waals surface area contributed by atoms with E-state index in [4.69, 9.17) is 0 Å². The van der Waals surface area contributed by atoms with Crippen LogP contribution in [0.4, 0.5) is 0 Å². The SMILES string of the molecule is BrC1(Br)[C@H]2[C@@H]3C=C[C@@H]4C3C([C@H]21)[C@H]1[C@@H]4C1(Br)Br. The van der Waals surface area contributed by atoms with Gasteiger partial charge in [0.25, 0.3) is 0 Å². The Labute approximate surface area is 129 Å². The van der Waals surface area contributed by atoms with E-state index in [0.717, 1.165) is 47.3 Å². The number of halogens is 4. The minimum absolute atomic E-state index is 0.263. The van der Waals surface area contributed by atoms with Crippen LogP contribution in [0.15, 0.2) is 12.2 Å². The van der Waals surface area contributed by atoms with Gasteiger partial charge in [-0.15, -0.1) is 0 Å². The molecule has 4 fully saturated rings. The highest BCUT2D eigenvalue weighted by Crippen LogP contribution is 2.88. The monoisotopic (exact) mass is 470 g/mol. The first-order chi connectivity index (χ1) is 7.47. The van der Waals surface area contributed by atoms with Crippen molar-refractivity contribution >= 4 is 63.7 Å². The summed E-state index contributed by atoms with van der Waals surface area (Å²) >= 11 is 15.6. The molecule has 0 amide bonds. The van der Waals surface area contributed by atoms with Gasteiger partial charge in [0, 0.05) is 0 Å². The van der Waals surface area contributed by atoms with Crippen molar-refractivity contribution in [3.05, 3.63) is 12.2 Å². The first-order valence-corrected chi connectivity index (χ1v) is 9.08. The summed E-state index contributed by atoms with van der Waals surface area (Å²) in [7, 11) is 0. The van der Waals surface area contributed by atoms with Crippen molar-refractivity contribution < 1.29 is 0 Å². The maximum atomic E-state index is 3.90. The summed E-state index contributed by atoms with van der Waals surface area (Å²) in [5.74, 6) is 7.00. The molecule has 86 valence electrons. The molecule has 4 saturated carbocycles. The molecule has 4 heteroatoms. The highest BCUT2D eigenvalue weighted by atomic mass is 79.9. The molecule has 0 nitrogen and oxygen atoms in total. The zero-order valence-electron chi connectivity index (χ0n) is 8.29. The van der Waals surface area contributed by atoms with Gasteiger partial charge in [0.1, 0.15) is 0 Å². The third-order valence-electron chi connectivity index (χ3n) is 5.88. The van der Waals surface area contributed by atoms with Crippen LogP contribution in [0.5, 0.6) is 0 Å². The predicted molar refractivity (Wildman–Crippen MR) is 78.2 cm³/mol. The number of alkyl halides is 4. The lowest BCUT2D eigenvalue weighted by atomic mass is 9.82. The van der Waals surface area contributed by atoms with E-state index in [1.54, 1.807) is 0 Å². The summed E-state index contributed by atoms with van der Waals surface area (Å²) in [6.07, 6.45) is 5.03. The van der Waals surface area contributed by atoms with E-state index in [0.29, 0.717) is 0 Å². The molecule has 8 atom stereocenters. The van der Waals surface area contributed by atoms with Gasteiger partial charge in [0.2, 0.25) is 0 Å². The van der Waals surface area contributed by atoms with E-state index in [2.05, 4.69) is 75.9 Å². The van der Waals surface area contributed by atoms with Crippen molar-refractivity contribution in [3.8, 4) is 0 Å². The fourth-order valence-electron chi connectivity index (χ4n) is 5.44. The molecule has 5 aliphatic rings. The highest BCUT2D eigenvalue weighted by Gasteiger charge is 2.86. The first-order valence-electron chi connectivity index (χ1n) is 5.91. The zero-order chi connectivity index (χ0) is 11.0. The summed E-state index contributed by atoms with van der Waals surface area (Å²) < 4.78 is 0.525. The second kappa shape index (κ2) is 2.60. The van der Waals surface area contributed by atoms with Crippen LogP contribution in [0, 0.1) is 47.3 Å². The Morgan fingerprint density at radius 3 is 1.50 bits per heavy atom. The summed E-state index contributed by atoms with van der Waals surface area (Å²) in [5.41, 5.74) is 0. The molecule has 0 heterocycles. The summed E-state index contributed by atoms with van der Waals surface area (Å²) in [5, 5.41) is 0. The first kappa shape index (κ1) is 10.4. The predicted octanol–water partition coefficient (Wildman–Crippen LogP) is 4.51. The maximum Gasteiger partial charge on any atom is 0.0877 e. The van der Waals surface area contributed by atoms with Gasteiger partial charge in [-0.2, -0.15) is 0 Å². The van der Waals surface area contributed by atoms with E-state index < -0.39 is 0 Å². The fraction of sp³-hybridized carbons (Fsp3) is 0.833. The lowest BCUT2D eigenvalue weighted by Crippen LogP contribution is -2.27. The topological polar surface area (TPSA) is 0 Å². The Morgan fingerprint density at radius 2 is 1.06 bits per heavy atom. The molecule has 2 unspecified atom stereocenters. The molecule has 0 saturated heterocycles. The molecule has 0 radical (unpaired) electrons. The number of hydrogen-bond donors (Lipinski definition) is 0. The van der Waals surface area contributed by atoms with Crippen LogP contribution in [0.2, 0.25) is 0 Å². The van der Waals surface area contributed by atoms with E-state index in [9.17, 15) is 0 Å². The molecular formula is C12H10Br4. The van der Waals surface area contributed by atoms with Crippen LogP contribution < -0.4 is 0 Å². The van der Waals surface area contributed by atoms with Gasteiger partial charge in [-0.1, -0.05) is 75.9 Å². The van der Waals surface area contributed by atoms with Gasteiger partial charge in [-0.05, 0) is 47.3 Å². The lowest BCUT2D eigenvalue weighted by Gasteiger charge is -2.28. The summed E-state index contributed by atoms with van der Waals surface area (Å²) in [6, 6.07) is 0. The quantitative estimate of drug-likeness (QED) is 0.359. The Morgan fingerprint density at radius 1 is 0.625 bits per heavy atom. The Bertz CT molecular complexity index is 402. The average Bonchev–Trinajstić information content (AvgIpc) is 2.80. The molecule has 0 N–H and O–H groups in total. The van der Waals surface area contributed by atoms with Crippen molar-refractivity contribution in [1.29, 1.82) is 0 Å². The molecule has 0 aromatic heterocycles. The number of hydrogen-bond acceptors (Lipinski definition) is 0. The van der Waals surface area contributed by atoms with Gasteiger partial charge < -0.3 is 0 Å². The van der Waals surface area contributed by atoms with Crippen molar-refractivity contribution in [3.63, 3.8) is 0 Å². The second-order valence-corrected chi connectivity index (χ2v) is 13.5. The molecule has 5 rings (SSSR count). The molecule has 0 aromatic carbocycles. The minimum atomic E-state index is 0.263. The summed E-state index contributed by atoms with van der Waals surface area (Å²) in [6.45, 7) is 0. The van der Waals surface area contributed by atoms with Gasteiger partial charge >= 0.3 is 0 Å². The molecule has 0 aliphatic heterocycles. The van der Waals surface area contributed by atoms with Gasteiger partial charge in [-0.3, -0.25) is 0 Å². The molecule has 0 spiro atoms. The van der Waals surface area contributed by atoms with Gasteiger partial charge in [0.15, 0.2) is 0 Å². The third kappa shape index (κ3) is 0.857. The Hall–Kier alpha value is 1.66. The molecule has 16 heavy (non-hydrogen) atoms. The van der Waals surface area contributed by atoms with E-state index in [-0.39, 0.29) is 6.47 Å². The molecule has 0 bridgehead atoms. The Balaban J connectivity index is 1.66. The summed E-state index contributed by atoms with van der Waals surface area (Å²) in [4.78, 5) is 0. The number of fused-ring (bicyclic) bond motifs is 6. The van der Waals surface area contributed by atoms with Crippen LogP contribution in [0.1, 0.15) is 0 Å². The largest absolute Gasteiger partial charge is 0.0877 e. The lowest BCUT2D eigenvalue weighted by molar-refractivity contribution is 0.275. The van der Waals surface area contributed by atoms with Crippen LogP contribution in [-0.4, -0.2) is 6.47 Å². The Kier molecular flexibility index (Phi) is 1.70. The van der Waals surface area contributed by atoms with E-state index in [1.165, 1.54) is 0 Å². The average molecular weight is 474 g/mol. The molecular weight excluding hydrogens is 464 g/mol. The van der Waals surface area contributed by atoms with Crippen molar-refractivity contribution in [2.75, 3.05) is 0 Å². The van der Waals surface area contributed by atoms with E-state index in [1.807, 2.05) is 0 Å². The minimum Gasteiger partial charge on any atom is -0.0844 e. The van der Waals surface area contributed by atoms with Crippen molar-refractivity contribution in [2.24, 2.45) is 47.3 Å². The third-order valence-corrected chi connectivity index (χ3v) is 10.1. The van der Waals surface area contributed by atoms with E-state index >= 15 is 0 Å².